The number of benzene rings is 1. The molecule has 274 valence electrons. The van der Waals surface area contributed by atoms with Crippen molar-refractivity contribution in [2.75, 3.05) is 26.9 Å². The second-order valence-electron chi connectivity index (χ2n) is 15.1. The number of nitrogens with two attached hydrogens (primary N) is 2. The number of nitrogens with zero attached hydrogens (tertiary/aromatic N) is 1. The van der Waals surface area contributed by atoms with Crippen molar-refractivity contribution >= 4 is 11.7 Å². The molecule has 1 aromatic carbocycles. The van der Waals surface area contributed by atoms with E-state index < -0.39 is 0 Å². The van der Waals surface area contributed by atoms with Gasteiger partial charge in [-0.05, 0) is 123 Å². The predicted octanol–water partition coefficient (Wildman–Crippen LogP) is 5.67. The average molecular weight is 690 g/mol. The van der Waals surface area contributed by atoms with Gasteiger partial charge >= 0.3 is 0 Å². The molecule has 2 bridgehead atoms. The zero-order valence-corrected chi connectivity index (χ0v) is 30.3. The Morgan fingerprint density at radius 3 is 2.64 bits per heavy atom. The third-order valence-electron chi connectivity index (χ3n) is 11.7. The van der Waals surface area contributed by atoms with E-state index in [2.05, 4.69) is 29.8 Å². The number of aliphatic hydroxyl groups is 2. The van der Waals surface area contributed by atoms with Gasteiger partial charge in [-0.1, -0.05) is 37.3 Å². The SMILES string of the molecule is CCC(CCO)C(=CC(=O)CCc1cc(OC2CCCC2)c(O)c2c1C#CCC(N=C(N)N)CC1C=C3CCC(C)CC3C2C1COC)CO. The van der Waals surface area contributed by atoms with Crippen LogP contribution in [0.5, 0.6) is 11.5 Å². The van der Waals surface area contributed by atoms with E-state index in [-0.39, 0.29) is 78.9 Å². The van der Waals surface area contributed by atoms with E-state index in [9.17, 15) is 20.1 Å². The zero-order chi connectivity index (χ0) is 35.8. The van der Waals surface area contributed by atoms with E-state index in [1.54, 1.807) is 13.2 Å². The fourth-order valence-electron chi connectivity index (χ4n) is 9.20. The van der Waals surface area contributed by atoms with E-state index in [0.717, 1.165) is 74.5 Å². The van der Waals surface area contributed by atoms with Gasteiger partial charge in [0.2, 0.25) is 0 Å². The van der Waals surface area contributed by atoms with Crippen LogP contribution < -0.4 is 16.2 Å². The lowest BCUT2D eigenvalue weighted by molar-refractivity contribution is -0.114. The van der Waals surface area contributed by atoms with Gasteiger partial charge in [-0.15, -0.1) is 0 Å². The van der Waals surface area contributed by atoms with E-state index in [1.165, 1.54) is 5.57 Å². The van der Waals surface area contributed by atoms with Gasteiger partial charge in [0.1, 0.15) is 0 Å². The Morgan fingerprint density at radius 1 is 1.18 bits per heavy atom. The van der Waals surface area contributed by atoms with Crippen LogP contribution in [0.15, 0.2) is 34.4 Å². The number of rotatable bonds is 14. The largest absolute Gasteiger partial charge is 0.504 e. The Bertz CT molecular complexity index is 1500. The second kappa shape index (κ2) is 17.7. The maximum Gasteiger partial charge on any atom is 0.186 e. The summed E-state index contributed by atoms with van der Waals surface area (Å²) in [5.74, 6) is 8.27. The van der Waals surface area contributed by atoms with Gasteiger partial charge < -0.3 is 36.3 Å². The number of aliphatic imine (C=N–C) groups is 1. The molecule has 2 fully saturated rings. The zero-order valence-electron chi connectivity index (χ0n) is 30.3. The summed E-state index contributed by atoms with van der Waals surface area (Å²) in [4.78, 5) is 18.1. The Kier molecular flexibility index (Phi) is 13.5. The number of ketones is 1. The van der Waals surface area contributed by atoms with Crippen molar-refractivity contribution in [3.05, 3.63) is 46.1 Å². The first-order valence-corrected chi connectivity index (χ1v) is 18.9. The second-order valence-corrected chi connectivity index (χ2v) is 15.1. The number of allylic oxidation sites excluding steroid dienone is 3. The summed E-state index contributed by atoms with van der Waals surface area (Å²) in [6, 6.07) is 1.72. The number of ether oxygens (including phenoxy) is 2. The highest BCUT2D eigenvalue weighted by Crippen LogP contribution is 2.56. The summed E-state index contributed by atoms with van der Waals surface area (Å²) in [5, 5.41) is 32.0. The Morgan fingerprint density at radius 2 is 1.96 bits per heavy atom. The third kappa shape index (κ3) is 8.93. The van der Waals surface area contributed by atoms with Crippen LogP contribution in [0.2, 0.25) is 0 Å². The number of methoxy groups -OCH3 is 1. The summed E-state index contributed by atoms with van der Waals surface area (Å²) in [5.41, 5.74) is 16.4. The maximum atomic E-state index is 13.5. The standard InChI is InChI=1S/C41H59N3O6/c1-4-26(16-17-45)30(23-46)21-32(47)15-14-28-22-37(50-33-9-5-6-10-33)40(48)39-34(28)11-7-8-31(44-41(42)43)20-29-19-27-13-12-25(2)18-35(27)38(39)36(29)24-49-3/h19,21-22,25-26,29,31,33,35-36,38,45-46,48H,4-6,8-10,12-18,20,23-24H2,1-3H3,(H4,42,43,44). The molecule has 7 N–H and O–H groups in total. The van der Waals surface area contributed by atoms with Crippen LogP contribution in [0, 0.1) is 41.4 Å². The van der Waals surface area contributed by atoms with Crippen molar-refractivity contribution in [2.24, 2.45) is 46.0 Å². The molecule has 7 atom stereocenters. The minimum absolute atomic E-state index is 0.00106. The van der Waals surface area contributed by atoms with Gasteiger partial charge in [0.25, 0.3) is 0 Å². The number of hydrogen-bond acceptors (Lipinski definition) is 7. The Balaban J connectivity index is 1.67. The number of phenols is 1. The molecule has 4 aliphatic carbocycles. The molecule has 0 heterocycles. The molecule has 50 heavy (non-hydrogen) atoms. The molecule has 5 rings (SSSR count). The van der Waals surface area contributed by atoms with Gasteiger partial charge in [-0.3, -0.25) is 4.79 Å². The molecule has 2 saturated carbocycles. The maximum absolute atomic E-state index is 13.5. The van der Waals surface area contributed by atoms with Crippen molar-refractivity contribution in [1.29, 1.82) is 0 Å². The minimum Gasteiger partial charge on any atom is -0.504 e. The molecule has 0 aliphatic heterocycles. The molecule has 0 saturated heterocycles. The molecule has 9 heteroatoms. The highest BCUT2D eigenvalue weighted by molar-refractivity contribution is 5.90. The number of guanidine groups is 1. The van der Waals surface area contributed by atoms with Crippen LogP contribution in [-0.2, 0) is 16.0 Å². The van der Waals surface area contributed by atoms with Gasteiger partial charge in [0.15, 0.2) is 23.2 Å². The summed E-state index contributed by atoms with van der Waals surface area (Å²) in [7, 11) is 1.74. The number of aliphatic hydroxyl groups excluding tert-OH is 2. The van der Waals surface area contributed by atoms with Crippen LogP contribution in [0.4, 0.5) is 0 Å². The number of fused-ring (bicyclic) bond motifs is 6. The molecule has 1 aromatic rings. The quantitative estimate of drug-likeness (QED) is 0.0549. The first-order chi connectivity index (χ1) is 24.2. The normalized spacial score (nSPS) is 27.2. The first-order valence-electron chi connectivity index (χ1n) is 18.9. The van der Waals surface area contributed by atoms with Crippen LogP contribution in [0.25, 0.3) is 0 Å². The highest BCUT2D eigenvalue weighted by Gasteiger charge is 2.46. The smallest absolute Gasteiger partial charge is 0.186 e. The fourth-order valence-corrected chi connectivity index (χ4v) is 9.20. The van der Waals surface area contributed by atoms with E-state index in [4.69, 9.17) is 20.9 Å². The van der Waals surface area contributed by atoms with Crippen molar-refractivity contribution in [3.8, 4) is 23.3 Å². The summed E-state index contributed by atoms with van der Waals surface area (Å²) < 4.78 is 12.6. The summed E-state index contributed by atoms with van der Waals surface area (Å²) >= 11 is 0. The van der Waals surface area contributed by atoms with Gasteiger partial charge in [0.05, 0.1) is 25.4 Å². The highest BCUT2D eigenvalue weighted by atomic mass is 16.5. The number of hydrogen-bond donors (Lipinski definition) is 5. The third-order valence-corrected chi connectivity index (χ3v) is 11.7. The van der Waals surface area contributed by atoms with E-state index in [0.29, 0.717) is 43.1 Å². The average Bonchev–Trinajstić information content (AvgIpc) is 3.60. The first kappa shape index (κ1) is 37.9. The monoisotopic (exact) mass is 689 g/mol. The lowest BCUT2D eigenvalue weighted by atomic mass is 9.58. The lowest BCUT2D eigenvalue weighted by Crippen LogP contribution is -2.39. The molecule has 0 amide bonds. The number of aryl methyl sites for hydroxylation is 1. The van der Waals surface area contributed by atoms with Crippen LogP contribution in [0.1, 0.15) is 114 Å². The number of phenolic OH excluding ortho intramolecular Hbond substituents is 1. The molecule has 0 aromatic heterocycles. The van der Waals surface area contributed by atoms with Crippen LogP contribution in [0.3, 0.4) is 0 Å². The van der Waals surface area contributed by atoms with Crippen LogP contribution in [-0.4, -0.2) is 66.1 Å². The topological polar surface area (TPSA) is 161 Å². The number of aromatic hydroxyl groups is 1. The molecule has 4 aliphatic rings. The molecule has 9 nitrogen and oxygen atoms in total. The van der Waals surface area contributed by atoms with Crippen LogP contribution >= 0.6 is 0 Å². The minimum atomic E-state index is -0.222. The van der Waals surface area contributed by atoms with Crippen molar-refractivity contribution in [2.45, 2.75) is 115 Å². The Hall–Kier alpha value is -3.32. The van der Waals surface area contributed by atoms with Crippen molar-refractivity contribution in [1.82, 2.24) is 0 Å². The fraction of sp³-hybridized carbons (Fsp3) is 0.659. The molecule has 0 radical (unpaired) electrons. The molecular weight excluding hydrogens is 630 g/mol. The van der Waals surface area contributed by atoms with Gasteiger partial charge in [-0.2, -0.15) is 0 Å². The van der Waals surface area contributed by atoms with Crippen molar-refractivity contribution in [3.63, 3.8) is 0 Å². The van der Waals surface area contributed by atoms with Gasteiger partial charge in [-0.25, -0.2) is 4.99 Å². The predicted molar refractivity (Wildman–Crippen MR) is 197 cm³/mol. The Labute approximate surface area is 298 Å². The van der Waals surface area contributed by atoms with E-state index in [1.807, 2.05) is 13.0 Å². The van der Waals surface area contributed by atoms with Crippen molar-refractivity contribution < 1.29 is 29.6 Å². The molecule has 7 unspecified atom stereocenters. The summed E-state index contributed by atoms with van der Waals surface area (Å²) in [6.45, 7) is 4.60. The van der Waals surface area contributed by atoms with Gasteiger partial charge in [0, 0.05) is 43.6 Å². The summed E-state index contributed by atoms with van der Waals surface area (Å²) in [6.07, 6.45) is 14.3. The number of carbonyl (C=O) groups is 1. The number of carbonyl (C=O) groups excluding carboxylic acids is 1. The van der Waals surface area contributed by atoms with E-state index >= 15 is 0 Å². The lowest BCUT2D eigenvalue weighted by Gasteiger charge is -2.47. The molecular formula is C41H59N3O6. The molecule has 0 spiro atoms.